The maximum atomic E-state index is 13.6. The van der Waals surface area contributed by atoms with E-state index in [1.807, 2.05) is 0 Å². The molecular formula is C11H13F5N2. The first-order valence-electron chi connectivity index (χ1n) is 5.12. The molecule has 0 aliphatic carbocycles. The van der Waals surface area contributed by atoms with Crippen LogP contribution >= 0.6 is 0 Å². The summed E-state index contributed by atoms with van der Waals surface area (Å²) < 4.78 is 64.9. The lowest BCUT2D eigenvalue weighted by atomic mass is 9.96. The van der Waals surface area contributed by atoms with Gasteiger partial charge in [0.1, 0.15) is 0 Å². The summed E-state index contributed by atoms with van der Waals surface area (Å²) in [6, 6.07) is 1.59. The molecule has 0 fully saturated rings. The maximum absolute atomic E-state index is 13.6. The summed E-state index contributed by atoms with van der Waals surface area (Å²) in [5.74, 6) is -4.52. The number of anilines is 1. The highest BCUT2D eigenvalue weighted by Crippen LogP contribution is 2.39. The van der Waals surface area contributed by atoms with Crippen LogP contribution in [0.3, 0.4) is 0 Å². The van der Waals surface area contributed by atoms with Gasteiger partial charge in [0, 0.05) is 20.6 Å². The first-order chi connectivity index (χ1) is 8.20. The fraction of sp³-hybridized carbons (Fsp3) is 0.455. The van der Waals surface area contributed by atoms with Gasteiger partial charge in [0.15, 0.2) is 11.6 Å². The molecule has 0 aliphatic heterocycles. The summed E-state index contributed by atoms with van der Waals surface area (Å²) in [7, 11) is 2.68. The molecule has 1 aromatic rings. The van der Waals surface area contributed by atoms with Crippen LogP contribution in [0.5, 0.6) is 0 Å². The number of hydrogen-bond donors (Lipinski definition) is 1. The van der Waals surface area contributed by atoms with E-state index >= 15 is 0 Å². The van der Waals surface area contributed by atoms with Crippen LogP contribution in [0.15, 0.2) is 12.1 Å². The molecule has 1 atom stereocenters. The quantitative estimate of drug-likeness (QED) is 0.854. The van der Waals surface area contributed by atoms with Crippen molar-refractivity contribution in [1.29, 1.82) is 0 Å². The zero-order valence-electron chi connectivity index (χ0n) is 9.85. The highest BCUT2D eigenvalue weighted by Gasteiger charge is 2.41. The fourth-order valence-electron chi connectivity index (χ4n) is 1.73. The van der Waals surface area contributed by atoms with Gasteiger partial charge in [-0.3, -0.25) is 0 Å². The molecule has 0 spiro atoms. The zero-order valence-corrected chi connectivity index (χ0v) is 9.85. The second-order valence-electron chi connectivity index (χ2n) is 4.02. The molecule has 1 unspecified atom stereocenters. The Morgan fingerprint density at radius 3 is 2.17 bits per heavy atom. The molecule has 1 rings (SSSR count). The maximum Gasteiger partial charge on any atom is 0.397 e. The molecule has 18 heavy (non-hydrogen) atoms. The van der Waals surface area contributed by atoms with Gasteiger partial charge >= 0.3 is 6.18 Å². The van der Waals surface area contributed by atoms with Crippen LogP contribution in [0, 0.1) is 11.6 Å². The third-order valence-electron chi connectivity index (χ3n) is 2.55. The van der Waals surface area contributed by atoms with E-state index in [1.54, 1.807) is 0 Å². The lowest BCUT2D eigenvalue weighted by molar-refractivity contribution is -0.148. The third kappa shape index (κ3) is 2.72. The average molecular weight is 268 g/mol. The van der Waals surface area contributed by atoms with Gasteiger partial charge in [-0.1, -0.05) is 6.07 Å². The van der Waals surface area contributed by atoms with Crippen LogP contribution in [-0.2, 0) is 0 Å². The van der Waals surface area contributed by atoms with Gasteiger partial charge in [-0.2, -0.15) is 13.2 Å². The Hall–Kier alpha value is -1.37. The monoisotopic (exact) mass is 268 g/mol. The lowest BCUT2D eigenvalue weighted by Crippen LogP contribution is -2.30. The number of hydrogen-bond acceptors (Lipinski definition) is 2. The van der Waals surface area contributed by atoms with Crippen molar-refractivity contribution in [3.05, 3.63) is 29.3 Å². The van der Waals surface area contributed by atoms with Crippen molar-refractivity contribution in [2.45, 2.75) is 12.1 Å². The smallest absolute Gasteiger partial charge is 0.375 e. The Labute approximate surface area is 101 Å². The van der Waals surface area contributed by atoms with Gasteiger partial charge in [-0.05, 0) is 11.6 Å². The molecule has 0 radical (unpaired) electrons. The van der Waals surface area contributed by atoms with Gasteiger partial charge in [0.05, 0.1) is 11.6 Å². The van der Waals surface area contributed by atoms with Crippen LogP contribution < -0.4 is 10.6 Å². The highest BCUT2D eigenvalue weighted by molar-refractivity contribution is 5.56. The Kier molecular flexibility index (Phi) is 4.16. The van der Waals surface area contributed by atoms with Crippen LogP contribution in [0.4, 0.5) is 27.6 Å². The molecule has 7 heteroatoms. The lowest BCUT2D eigenvalue weighted by Gasteiger charge is -2.25. The summed E-state index contributed by atoms with van der Waals surface area (Å²) in [5, 5.41) is 0. The zero-order chi connectivity index (χ0) is 14.1. The minimum Gasteiger partial charge on any atom is -0.375 e. The predicted molar refractivity (Wildman–Crippen MR) is 58.5 cm³/mol. The number of alkyl halides is 3. The third-order valence-corrected chi connectivity index (χ3v) is 2.55. The minimum absolute atomic E-state index is 0.367. The van der Waals surface area contributed by atoms with E-state index in [-0.39, 0.29) is 5.56 Å². The Morgan fingerprint density at radius 2 is 1.78 bits per heavy atom. The van der Waals surface area contributed by atoms with Crippen molar-refractivity contribution < 1.29 is 22.0 Å². The molecule has 0 heterocycles. The molecule has 0 saturated carbocycles. The highest BCUT2D eigenvalue weighted by atomic mass is 19.4. The van der Waals surface area contributed by atoms with E-state index in [2.05, 4.69) is 0 Å². The Balaban J connectivity index is 3.44. The van der Waals surface area contributed by atoms with E-state index in [1.165, 1.54) is 14.1 Å². The van der Waals surface area contributed by atoms with Crippen molar-refractivity contribution in [1.82, 2.24) is 0 Å². The van der Waals surface area contributed by atoms with Crippen molar-refractivity contribution in [3.8, 4) is 0 Å². The molecular weight excluding hydrogens is 255 g/mol. The van der Waals surface area contributed by atoms with Crippen LogP contribution in [0.25, 0.3) is 0 Å². The summed E-state index contributed by atoms with van der Waals surface area (Å²) in [4.78, 5) is 1.10. The number of benzene rings is 1. The van der Waals surface area contributed by atoms with Gasteiger partial charge < -0.3 is 10.6 Å². The molecule has 0 bridgehead atoms. The Bertz CT molecular complexity index is 428. The summed E-state index contributed by atoms with van der Waals surface area (Å²) in [6.45, 7) is -0.727. The minimum atomic E-state index is -4.61. The first kappa shape index (κ1) is 14.7. The number of halogens is 5. The standard InChI is InChI=1S/C11H13F5N2/c1-18(2)10-6(3-4-8(12)9(10)13)7(5-17)11(14,15)16/h3-4,7H,5,17H2,1-2H3. The van der Waals surface area contributed by atoms with E-state index in [9.17, 15) is 22.0 Å². The summed E-state index contributed by atoms with van der Waals surface area (Å²) in [5.41, 5.74) is 4.30. The molecule has 0 saturated heterocycles. The van der Waals surface area contributed by atoms with Crippen molar-refractivity contribution in [3.63, 3.8) is 0 Å². The normalized spacial score (nSPS) is 13.6. The summed E-state index contributed by atoms with van der Waals surface area (Å²) >= 11 is 0. The van der Waals surface area contributed by atoms with Crippen molar-refractivity contribution in [2.75, 3.05) is 25.5 Å². The first-order valence-corrected chi connectivity index (χ1v) is 5.12. The van der Waals surface area contributed by atoms with Gasteiger partial charge in [0.2, 0.25) is 0 Å². The predicted octanol–water partition coefficient (Wildman–Crippen LogP) is 2.64. The Morgan fingerprint density at radius 1 is 1.22 bits per heavy atom. The second-order valence-corrected chi connectivity index (χ2v) is 4.02. The average Bonchev–Trinajstić information content (AvgIpc) is 2.21. The van der Waals surface area contributed by atoms with Gasteiger partial charge in [-0.25, -0.2) is 8.78 Å². The van der Waals surface area contributed by atoms with Crippen LogP contribution in [0.1, 0.15) is 11.5 Å². The molecule has 1 aromatic carbocycles. The molecule has 102 valence electrons. The number of nitrogens with zero attached hydrogens (tertiary/aromatic N) is 1. The van der Waals surface area contributed by atoms with E-state index in [0.29, 0.717) is 6.07 Å². The van der Waals surface area contributed by atoms with Crippen LogP contribution in [-0.4, -0.2) is 26.8 Å². The van der Waals surface area contributed by atoms with Crippen molar-refractivity contribution in [2.24, 2.45) is 5.73 Å². The van der Waals surface area contributed by atoms with Crippen LogP contribution in [0.2, 0.25) is 0 Å². The van der Waals surface area contributed by atoms with E-state index < -0.39 is 36.0 Å². The van der Waals surface area contributed by atoms with Gasteiger partial charge in [-0.15, -0.1) is 0 Å². The van der Waals surface area contributed by atoms with Gasteiger partial charge in [0.25, 0.3) is 0 Å². The fourth-order valence-corrected chi connectivity index (χ4v) is 1.73. The summed E-state index contributed by atoms with van der Waals surface area (Å²) in [6.07, 6.45) is -4.61. The number of rotatable bonds is 3. The SMILES string of the molecule is CN(C)c1c(C(CN)C(F)(F)F)ccc(F)c1F. The molecule has 0 aromatic heterocycles. The molecule has 2 N–H and O–H groups in total. The molecule has 0 aliphatic rings. The second kappa shape index (κ2) is 5.09. The van der Waals surface area contributed by atoms with Crippen molar-refractivity contribution >= 4 is 5.69 Å². The topological polar surface area (TPSA) is 29.3 Å². The largest absolute Gasteiger partial charge is 0.397 e. The molecule has 2 nitrogen and oxygen atoms in total. The number of nitrogens with two attached hydrogens (primary N) is 1. The molecule has 0 amide bonds. The van der Waals surface area contributed by atoms with E-state index in [4.69, 9.17) is 5.73 Å². The van der Waals surface area contributed by atoms with E-state index in [0.717, 1.165) is 11.0 Å².